The van der Waals surface area contributed by atoms with Gasteiger partial charge in [0.2, 0.25) is 5.71 Å². The quantitative estimate of drug-likeness (QED) is 0.333. The summed E-state index contributed by atoms with van der Waals surface area (Å²) in [6.45, 7) is 7.01. The molecular formula is C20H25N3O2S. The molecule has 0 atom stereocenters. The summed E-state index contributed by atoms with van der Waals surface area (Å²) < 4.78 is 12.0. The molecule has 0 aromatic carbocycles. The van der Waals surface area contributed by atoms with Crippen LogP contribution in [0.25, 0.3) is 22.2 Å². The van der Waals surface area contributed by atoms with Crippen molar-refractivity contribution < 1.29 is 9.15 Å². The number of furan rings is 1. The van der Waals surface area contributed by atoms with E-state index in [9.17, 15) is 0 Å². The average Bonchev–Trinajstić information content (AvgIpc) is 2.97. The van der Waals surface area contributed by atoms with Gasteiger partial charge in [-0.1, -0.05) is 26.2 Å². The average molecular weight is 372 g/mol. The van der Waals surface area contributed by atoms with Crippen molar-refractivity contribution in [2.45, 2.75) is 70.1 Å². The number of fused-ring (bicyclic) bond motifs is 4. The lowest BCUT2D eigenvalue weighted by molar-refractivity contribution is -0.0411. The smallest absolute Gasteiger partial charge is 0.229 e. The predicted octanol–water partition coefficient (Wildman–Crippen LogP) is 5.29. The van der Waals surface area contributed by atoms with E-state index in [4.69, 9.17) is 14.1 Å². The molecule has 6 heteroatoms. The van der Waals surface area contributed by atoms with E-state index in [1.54, 1.807) is 18.1 Å². The molecule has 0 unspecified atom stereocenters. The number of rotatable bonds is 6. The van der Waals surface area contributed by atoms with Crippen molar-refractivity contribution in [3.63, 3.8) is 0 Å². The molecule has 0 saturated heterocycles. The van der Waals surface area contributed by atoms with E-state index in [-0.39, 0.29) is 5.60 Å². The standard InChI is InChI=1S/C20H25N3O2S/c1-4-5-6-7-8-26-19-17-16(21-12-22-19)14-9-13-11-24-20(2,3)10-15(13)23-18(14)25-17/h9,12H,4-8,10-11H2,1-3H3. The number of aromatic nitrogens is 3. The van der Waals surface area contributed by atoms with Gasteiger partial charge in [0.05, 0.1) is 23.3 Å². The largest absolute Gasteiger partial charge is 0.433 e. The number of thioether (sulfide) groups is 1. The Kier molecular flexibility index (Phi) is 4.88. The van der Waals surface area contributed by atoms with Gasteiger partial charge in [-0.3, -0.25) is 0 Å². The van der Waals surface area contributed by atoms with Gasteiger partial charge in [-0.25, -0.2) is 15.0 Å². The van der Waals surface area contributed by atoms with Gasteiger partial charge in [0.15, 0.2) is 5.58 Å². The molecule has 0 amide bonds. The van der Waals surface area contributed by atoms with E-state index in [1.165, 1.54) is 25.7 Å². The van der Waals surface area contributed by atoms with E-state index in [0.717, 1.165) is 44.9 Å². The molecule has 138 valence electrons. The molecule has 3 aromatic rings. The maximum Gasteiger partial charge on any atom is 0.229 e. The van der Waals surface area contributed by atoms with Crippen LogP contribution in [0.1, 0.15) is 57.7 Å². The van der Waals surface area contributed by atoms with Gasteiger partial charge < -0.3 is 9.15 Å². The molecule has 26 heavy (non-hydrogen) atoms. The zero-order valence-electron chi connectivity index (χ0n) is 15.7. The second-order valence-electron chi connectivity index (χ2n) is 7.54. The highest BCUT2D eigenvalue weighted by atomic mass is 32.2. The summed E-state index contributed by atoms with van der Waals surface area (Å²) >= 11 is 1.75. The van der Waals surface area contributed by atoms with Crippen LogP contribution in [0.5, 0.6) is 0 Å². The topological polar surface area (TPSA) is 61.0 Å². The highest BCUT2D eigenvalue weighted by Gasteiger charge is 2.28. The van der Waals surface area contributed by atoms with Gasteiger partial charge in [0.1, 0.15) is 16.9 Å². The number of hydrogen-bond acceptors (Lipinski definition) is 6. The Morgan fingerprint density at radius 3 is 2.92 bits per heavy atom. The third-order valence-corrected chi connectivity index (χ3v) is 5.89. The van der Waals surface area contributed by atoms with Crippen LogP contribution >= 0.6 is 11.8 Å². The fraction of sp³-hybridized carbons (Fsp3) is 0.550. The van der Waals surface area contributed by atoms with E-state index >= 15 is 0 Å². The van der Waals surface area contributed by atoms with Crippen molar-refractivity contribution >= 4 is 34.0 Å². The maximum absolute atomic E-state index is 6.10. The van der Waals surface area contributed by atoms with E-state index in [2.05, 4.69) is 36.8 Å². The lowest BCUT2D eigenvalue weighted by Crippen LogP contribution is -2.32. The van der Waals surface area contributed by atoms with Gasteiger partial charge in [-0.15, -0.1) is 11.8 Å². The summed E-state index contributed by atoms with van der Waals surface area (Å²) in [6.07, 6.45) is 7.43. The maximum atomic E-state index is 6.10. The second-order valence-corrected chi connectivity index (χ2v) is 8.62. The summed E-state index contributed by atoms with van der Waals surface area (Å²) in [7, 11) is 0. The van der Waals surface area contributed by atoms with E-state index < -0.39 is 0 Å². The van der Waals surface area contributed by atoms with Crippen molar-refractivity contribution in [3.8, 4) is 0 Å². The third kappa shape index (κ3) is 3.45. The van der Waals surface area contributed by atoms with Gasteiger partial charge in [0, 0.05) is 12.0 Å². The first-order valence-electron chi connectivity index (χ1n) is 9.40. The zero-order valence-corrected chi connectivity index (χ0v) is 16.5. The van der Waals surface area contributed by atoms with E-state index in [0.29, 0.717) is 12.3 Å². The lowest BCUT2D eigenvalue weighted by Gasteiger charge is -2.30. The number of ether oxygens (including phenoxy) is 1. The summed E-state index contributed by atoms with van der Waals surface area (Å²) in [5.74, 6) is 1.05. The molecule has 0 fully saturated rings. The highest BCUT2D eigenvalue weighted by molar-refractivity contribution is 7.99. The van der Waals surface area contributed by atoms with Crippen molar-refractivity contribution in [2.24, 2.45) is 0 Å². The Morgan fingerprint density at radius 1 is 1.19 bits per heavy atom. The predicted molar refractivity (Wildman–Crippen MR) is 105 cm³/mol. The van der Waals surface area contributed by atoms with Crippen LogP contribution in [0.4, 0.5) is 0 Å². The number of nitrogens with zero attached hydrogens (tertiary/aromatic N) is 3. The van der Waals surface area contributed by atoms with Crippen LogP contribution in [-0.2, 0) is 17.8 Å². The zero-order chi connectivity index (χ0) is 18.1. The molecule has 0 radical (unpaired) electrons. The second kappa shape index (κ2) is 7.16. The molecule has 0 saturated carbocycles. The first-order valence-corrected chi connectivity index (χ1v) is 10.4. The number of unbranched alkanes of at least 4 members (excludes halogenated alkanes) is 3. The Labute approximate surface area is 157 Å². The van der Waals surface area contributed by atoms with Gasteiger partial charge in [0.25, 0.3) is 0 Å². The minimum Gasteiger partial charge on any atom is -0.433 e. The monoisotopic (exact) mass is 371 g/mol. The van der Waals surface area contributed by atoms with Crippen molar-refractivity contribution in [1.82, 2.24) is 15.0 Å². The summed E-state index contributed by atoms with van der Waals surface area (Å²) in [5.41, 5.74) is 4.29. The Morgan fingerprint density at radius 2 is 2.08 bits per heavy atom. The van der Waals surface area contributed by atoms with Crippen LogP contribution in [0, 0.1) is 0 Å². The Bertz CT molecular complexity index is 936. The minimum absolute atomic E-state index is 0.182. The lowest BCUT2D eigenvalue weighted by atomic mass is 9.95. The molecule has 1 aliphatic heterocycles. The first-order chi connectivity index (χ1) is 12.6. The molecule has 0 bridgehead atoms. The van der Waals surface area contributed by atoms with Gasteiger partial charge in [-0.2, -0.15) is 0 Å². The van der Waals surface area contributed by atoms with Crippen LogP contribution < -0.4 is 0 Å². The fourth-order valence-electron chi connectivity index (χ4n) is 3.37. The summed E-state index contributed by atoms with van der Waals surface area (Å²) in [4.78, 5) is 13.7. The molecule has 5 nitrogen and oxygen atoms in total. The normalized spacial score (nSPS) is 16.3. The van der Waals surface area contributed by atoms with Crippen LogP contribution in [0.15, 0.2) is 21.8 Å². The summed E-state index contributed by atoms with van der Waals surface area (Å²) in [5, 5.41) is 1.87. The van der Waals surface area contributed by atoms with Crippen molar-refractivity contribution in [3.05, 3.63) is 23.7 Å². The third-order valence-electron chi connectivity index (χ3n) is 4.83. The Hall–Kier alpha value is -1.66. The van der Waals surface area contributed by atoms with Crippen molar-refractivity contribution in [1.29, 1.82) is 0 Å². The molecule has 1 aliphatic rings. The molecule has 4 rings (SSSR count). The van der Waals surface area contributed by atoms with E-state index in [1.807, 2.05) is 0 Å². The molecular weight excluding hydrogens is 346 g/mol. The van der Waals surface area contributed by atoms with Crippen molar-refractivity contribution in [2.75, 3.05) is 5.75 Å². The number of pyridine rings is 1. The van der Waals surface area contributed by atoms with Gasteiger partial charge >= 0.3 is 0 Å². The van der Waals surface area contributed by atoms with Crippen LogP contribution in [-0.4, -0.2) is 26.3 Å². The molecule has 4 heterocycles. The molecule has 0 N–H and O–H groups in total. The molecule has 3 aromatic heterocycles. The first kappa shape index (κ1) is 17.7. The fourth-order valence-corrected chi connectivity index (χ4v) is 4.30. The highest BCUT2D eigenvalue weighted by Crippen LogP contribution is 2.35. The molecule has 0 spiro atoms. The van der Waals surface area contributed by atoms with Crippen LogP contribution in [0.2, 0.25) is 0 Å². The molecule has 0 aliphatic carbocycles. The SMILES string of the molecule is CCCCCCSc1ncnc2c1oc1nc3c(cc12)COC(C)(C)C3. The Balaban J connectivity index is 1.67. The summed E-state index contributed by atoms with van der Waals surface area (Å²) in [6, 6.07) is 2.13. The van der Waals surface area contributed by atoms with Gasteiger partial charge in [-0.05, 0) is 32.1 Å². The van der Waals surface area contributed by atoms with Crippen LogP contribution in [0.3, 0.4) is 0 Å². The number of hydrogen-bond donors (Lipinski definition) is 0. The minimum atomic E-state index is -0.182.